The van der Waals surface area contributed by atoms with E-state index in [0.29, 0.717) is 26.4 Å². The molecule has 2 rings (SSSR count). The Kier molecular flexibility index (Phi) is 8.11. The zero-order chi connectivity index (χ0) is 18.1. The van der Waals surface area contributed by atoms with E-state index in [0.717, 1.165) is 24.4 Å². The van der Waals surface area contributed by atoms with E-state index in [4.69, 9.17) is 14.2 Å². The van der Waals surface area contributed by atoms with Crippen molar-refractivity contribution in [3.8, 4) is 5.75 Å². The van der Waals surface area contributed by atoms with E-state index in [2.05, 4.69) is 9.62 Å². The monoisotopic (exact) mass is 372 g/mol. The number of nitrogens with zero attached hydrogens (tertiary/aromatic N) is 1. The van der Waals surface area contributed by atoms with Crippen LogP contribution in [0, 0.1) is 0 Å². The molecule has 1 aliphatic rings. The van der Waals surface area contributed by atoms with E-state index in [-0.39, 0.29) is 18.4 Å². The summed E-state index contributed by atoms with van der Waals surface area (Å²) in [7, 11) is -1.87. The molecule has 0 radical (unpaired) electrons. The zero-order valence-corrected chi connectivity index (χ0v) is 15.8. The van der Waals surface area contributed by atoms with Crippen molar-refractivity contribution in [1.29, 1.82) is 0 Å². The Morgan fingerprint density at radius 1 is 1.24 bits per heavy atom. The molecule has 1 aromatic rings. The van der Waals surface area contributed by atoms with Gasteiger partial charge in [0.25, 0.3) is 0 Å². The third kappa shape index (κ3) is 6.56. The Balaban J connectivity index is 2.09. The average molecular weight is 372 g/mol. The van der Waals surface area contributed by atoms with Crippen LogP contribution in [0.5, 0.6) is 5.75 Å². The van der Waals surface area contributed by atoms with Gasteiger partial charge in [-0.05, 0) is 24.6 Å². The van der Waals surface area contributed by atoms with Crippen LogP contribution in [0.3, 0.4) is 0 Å². The van der Waals surface area contributed by atoms with Crippen molar-refractivity contribution >= 4 is 10.0 Å². The highest BCUT2D eigenvalue weighted by atomic mass is 32.2. The number of hydrogen-bond donors (Lipinski definition) is 1. The van der Waals surface area contributed by atoms with Gasteiger partial charge in [-0.1, -0.05) is 12.1 Å². The first-order valence-corrected chi connectivity index (χ1v) is 10.2. The summed E-state index contributed by atoms with van der Waals surface area (Å²) in [6.07, 6.45) is 0. The Bertz CT molecular complexity index is 600. The van der Waals surface area contributed by atoms with Gasteiger partial charge >= 0.3 is 0 Å². The van der Waals surface area contributed by atoms with Crippen LogP contribution in [-0.2, 0) is 19.5 Å². The molecule has 0 amide bonds. The van der Waals surface area contributed by atoms with Crippen LogP contribution in [-0.4, -0.2) is 72.2 Å². The second kappa shape index (κ2) is 10.1. The van der Waals surface area contributed by atoms with E-state index >= 15 is 0 Å². The maximum atomic E-state index is 12.1. The first-order valence-electron chi connectivity index (χ1n) is 8.56. The minimum atomic E-state index is -3.36. The predicted octanol–water partition coefficient (Wildman–Crippen LogP) is 1.02. The van der Waals surface area contributed by atoms with Gasteiger partial charge in [0.1, 0.15) is 5.75 Å². The number of sulfonamides is 1. The number of methoxy groups -OCH3 is 1. The number of benzene rings is 1. The summed E-state index contributed by atoms with van der Waals surface area (Å²) in [4.78, 5) is 2.25. The largest absolute Gasteiger partial charge is 0.494 e. The molecule has 1 heterocycles. The summed E-state index contributed by atoms with van der Waals surface area (Å²) in [5.74, 6) is 0.774. The summed E-state index contributed by atoms with van der Waals surface area (Å²) in [5, 5.41) is 0. The summed E-state index contributed by atoms with van der Waals surface area (Å²) in [6, 6.07) is 7.79. The number of ether oxygens (including phenoxy) is 3. The molecule has 1 unspecified atom stereocenters. The molecule has 0 aliphatic carbocycles. The Hall–Kier alpha value is -1.19. The highest BCUT2D eigenvalue weighted by Gasteiger charge is 2.24. The van der Waals surface area contributed by atoms with Gasteiger partial charge in [0, 0.05) is 32.8 Å². The molecule has 25 heavy (non-hydrogen) atoms. The first-order chi connectivity index (χ1) is 12.1. The van der Waals surface area contributed by atoms with Gasteiger partial charge in [-0.25, -0.2) is 13.1 Å². The Morgan fingerprint density at radius 3 is 2.52 bits per heavy atom. The van der Waals surface area contributed by atoms with Crippen LogP contribution in [0.2, 0.25) is 0 Å². The number of rotatable bonds is 10. The number of morpholine rings is 1. The van der Waals surface area contributed by atoms with Crippen LogP contribution in [0.25, 0.3) is 0 Å². The lowest BCUT2D eigenvalue weighted by molar-refractivity contribution is 0.0172. The number of nitrogens with one attached hydrogen (secondary N) is 1. The molecular weight excluding hydrogens is 344 g/mol. The van der Waals surface area contributed by atoms with E-state index < -0.39 is 10.0 Å². The molecule has 1 atom stereocenters. The van der Waals surface area contributed by atoms with Gasteiger partial charge in [-0.15, -0.1) is 0 Å². The van der Waals surface area contributed by atoms with Crippen LogP contribution >= 0.6 is 0 Å². The van der Waals surface area contributed by atoms with E-state index in [9.17, 15) is 8.42 Å². The summed E-state index contributed by atoms with van der Waals surface area (Å²) >= 11 is 0. The third-order valence-electron chi connectivity index (χ3n) is 4.12. The summed E-state index contributed by atoms with van der Waals surface area (Å²) < 4.78 is 42.7. The highest BCUT2D eigenvalue weighted by molar-refractivity contribution is 7.89. The van der Waals surface area contributed by atoms with Gasteiger partial charge in [0.05, 0.1) is 32.2 Å². The van der Waals surface area contributed by atoms with E-state index in [1.54, 1.807) is 0 Å². The zero-order valence-electron chi connectivity index (χ0n) is 14.9. The van der Waals surface area contributed by atoms with Crippen molar-refractivity contribution in [2.75, 3.05) is 58.9 Å². The predicted molar refractivity (Wildman–Crippen MR) is 96.4 cm³/mol. The topological polar surface area (TPSA) is 77.1 Å². The fraction of sp³-hybridized carbons (Fsp3) is 0.647. The lowest BCUT2D eigenvalue weighted by atomic mass is 10.0. The van der Waals surface area contributed by atoms with Gasteiger partial charge < -0.3 is 14.2 Å². The quantitative estimate of drug-likeness (QED) is 0.661. The summed E-state index contributed by atoms with van der Waals surface area (Å²) in [5.41, 5.74) is 1.06. The molecule has 0 aromatic heterocycles. The van der Waals surface area contributed by atoms with Gasteiger partial charge in [-0.3, -0.25) is 4.90 Å². The molecule has 0 spiro atoms. The second-order valence-corrected chi connectivity index (χ2v) is 7.75. The fourth-order valence-corrected chi connectivity index (χ4v) is 3.71. The molecule has 0 bridgehead atoms. The van der Waals surface area contributed by atoms with Crippen LogP contribution in [0.15, 0.2) is 24.3 Å². The lowest BCUT2D eigenvalue weighted by Gasteiger charge is -2.35. The molecule has 1 aromatic carbocycles. The smallest absolute Gasteiger partial charge is 0.213 e. The lowest BCUT2D eigenvalue weighted by Crippen LogP contribution is -2.44. The SMILES string of the molecule is CCOc1ccc(C(CNS(=O)(=O)CCOC)N2CCOCC2)cc1. The van der Waals surface area contributed by atoms with Gasteiger partial charge in [0.2, 0.25) is 10.0 Å². The second-order valence-electron chi connectivity index (χ2n) is 5.83. The molecule has 1 aliphatic heterocycles. The molecule has 0 saturated carbocycles. The minimum Gasteiger partial charge on any atom is -0.494 e. The van der Waals surface area contributed by atoms with E-state index in [1.165, 1.54) is 7.11 Å². The van der Waals surface area contributed by atoms with Gasteiger partial charge in [0.15, 0.2) is 0 Å². The Labute approximate surface area is 150 Å². The minimum absolute atomic E-state index is 0.0391. The molecule has 1 saturated heterocycles. The molecular formula is C17H28N2O5S. The molecule has 1 fully saturated rings. The van der Waals surface area contributed by atoms with Crippen LogP contribution < -0.4 is 9.46 Å². The first kappa shape index (κ1) is 20.1. The van der Waals surface area contributed by atoms with E-state index in [1.807, 2.05) is 31.2 Å². The van der Waals surface area contributed by atoms with Crippen LogP contribution in [0.1, 0.15) is 18.5 Å². The third-order valence-corrected chi connectivity index (χ3v) is 5.43. The fourth-order valence-electron chi connectivity index (χ4n) is 2.77. The molecule has 8 heteroatoms. The van der Waals surface area contributed by atoms with Crippen molar-refractivity contribution in [2.24, 2.45) is 0 Å². The standard InChI is InChI=1S/C17H28N2O5S/c1-3-24-16-6-4-15(5-7-16)17(19-8-10-23-11-9-19)14-18-25(20,21)13-12-22-2/h4-7,17-18H,3,8-14H2,1-2H3. The maximum absolute atomic E-state index is 12.1. The van der Waals surface area contributed by atoms with Crippen molar-refractivity contribution < 1.29 is 22.6 Å². The normalized spacial score (nSPS) is 17.4. The highest BCUT2D eigenvalue weighted by Crippen LogP contribution is 2.24. The van der Waals surface area contributed by atoms with Crippen molar-refractivity contribution in [3.05, 3.63) is 29.8 Å². The van der Waals surface area contributed by atoms with Crippen LogP contribution in [0.4, 0.5) is 0 Å². The molecule has 142 valence electrons. The van der Waals surface area contributed by atoms with Gasteiger partial charge in [-0.2, -0.15) is 0 Å². The maximum Gasteiger partial charge on any atom is 0.213 e. The summed E-state index contributed by atoms with van der Waals surface area (Å²) in [6.45, 7) is 5.93. The number of hydrogen-bond acceptors (Lipinski definition) is 6. The average Bonchev–Trinajstić information content (AvgIpc) is 2.63. The Morgan fingerprint density at radius 2 is 1.92 bits per heavy atom. The van der Waals surface area contributed by atoms with Crippen molar-refractivity contribution in [2.45, 2.75) is 13.0 Å². The van der Waals surface area contributed by atoms with Crippen molar-refractivity contribution in [3.63, 3.8) is 0 Å². The molecule has 7 nitrogen and oxygen atoms in total. The van der Waals surface area contributed by atoms with Crippen molar-refractivity contribution in [1.82, 2.24) is 9.62 Å². The molecule has 1 N–H and O–H groups in total.